The number of hydrogen-bond acceptors (Lipinski definition) is 4. The number of nitro benzene ring substituents is 1. The van der Waals surface area contributed by atoms with Gasteiger partial charge in [0.05, 0.1) is 10.6 Å². The number of rotatable bonds is 4. The van der Waals surface area contributed by atoms with Crippen LogP contribution >= 0.6 is 0 Å². The molecule has 0 N–H and O–H groups in total. The van der Waals surface area contributed by atoms with Crippen LogP contribution in [0.1, 0.15) is 11.3 Å². The van der Waals surface area contributed by atoms with E-state index in [2.05, 4.69) is 4.98 Å². The normalized spacial score (nSPS) is 10.1. The molecule has 0 fully saturated rings. The third-order valence-electron chi connectivity index (χ3n) is 2.48. The first-order valence-corrected chi connectivity index (χ1v) is 5.44. The molecule has 0 atom stereocenters. The molecule has 1 heterocycles. The number of aryl methyl sites for hydroxylation is 1. The molecule has 0 amide bonds. The molecule has 0 radical (unpaired) electrons. The van der Waals surface area contributed by atoms with E-state index < -0.39 is 4.92 Å². The molecule has 0 bridgehead atoms. The fourth-order valence-corrected chi connectivity index (χ4v) is 1.56. The molecule has 92 valence electrons. The van der Waals surface area contributed by atoms with Crippen LogP contribution in [0, 0.1) is 17.0 Å². The Balaban J connectivity index is 2.07. The quantitative estimate of drug-likeness (QED) is 0.612. The van der Waals surface area contributed by atoms with Crippen LogP contribution in [0.5, 0.6) is 5.75 Å². The molecule has 0 saturated carbocycles. The van der Waals surface area contributed by atoms with Gasteiger partial charge in [-0.25, -0.2) is 0 Å². The van der Waals surface area contributed by atoms with Crippen molar-refractivity contribution in [1.82, 2.24) is 4.98 Å². The Kier molecular flexibility index (Phi) is 3.52. The highest BCUT2D eigenvalue weighted by Crippen LogP contribution is 2.23. The van der Waals surface area contributed by atoms with Crippen molar-refractivity contribution < 1.29 is 9.66 Å². The summed E-state index contributed by atoms with van der Waals surface area (Å²) in [5.74, 6) is 0.601. The standard InChI is InChI=1S/C13H12N2O3/c1-10-8-12(5-6-13(10)15(16)17)18-9-11-4-2-3-7-14-11/h2-8H,9H2,1H3. The van der Waals surface area contributed by atoms with Gasteiger partial charge >= 0.3 is 0 Å². The second kappa shape index (κ2) is 5.27. The molecular formula is C13H12N2O3. The summed E-state index contributed by atoms with van der Waals surface area (Å²) in [6.45, 7) is 2.03. The molecule has 0 unspecified atom stereocenters. The van der Waals surface area contributed by atoms with E-state index in [0.717, 1.165) is 5.69 Å². The summed E-state index contributed by atoms with van der Waals surface area (Å²) < 4.78 is 5.52. The highest BCUT2D eigenvalue weighted by atomic mass is 16.6. The molecule has 0 aliphatic rings. The van der Waals surface area contributed by atoms with E-state index in [1.807, 2.05) is 18.2 Å². The van der Waals surface area contributed by atoms with Crippen LogP contribution in [0.3, 0.4) is 0 Å². The van der Waals surface area contributed by atoms with Gasteiger partial charge in [-0.2, -0.15) is 0 Å². The van der Waals surface area contributed by atoms with Crippen LogP contribution < -0.4 is 4.74 Å². The maximum Gasteiger partial charge on any atom is 0.272 e. The minimum atomic E-state index is -0.405. The van der Waals surface area contributed by atoms with Gasteiger partial charge in [-0.1, -0.05) is 6.07 Å². The molecule has 2 aromatic rings. The third-order valence-corrected chi connectivity index (χ3v) is 2.48. The van der Waals surface area contributed by atoms with Crippen molar-refractivity contribution in [1.29, 1.82) is 0 Å². The lowest BCUT2D eigenvalue weighted by molar-refractivity contribution is -0.385. The Labute approximate surface area is 104 Å². The van der Waals surface area contributed by atoms with Gasteiger partial charge in [-0.3, -0.25) is 15.1 Å². The predicted octanol–water partition coefficient (Wildman–Crippen LogP) is 2.88. The van der Waals surface area contributed by atoms with Gasteiger partial charge in [0.25, 0.3) is 5.69 Å². The van der Waals surface area contributed by atoms with Gasteiger partial charge in [0.15, 0.2) is 0 Å². The molecule has 5 heteroatoms. The third kappa shape index (κ3) is 2.82. The molecule has 2 rings (SSSR count). The zero-order chi connectivity index (χ0) is 13.0. The van der Waals surface area contributed by atoms with Crippen molar-refractivity contribution in [3.63, 3.8) is 0 Å². The number of nitro groups is 1. The SMILES string of the molecule is Cc1cc(OCc2ccccn2)ccc1[N+](=O)[O-]. The van der Waals surface area contributed by atoms with E-state index in [1.54, 1.807) is 25.3 Å². The predicted molar refractivity (Wildman–Crippen MR) is 66.4 cm³/mol. The average molecular weight is 244 g/mol. The van der Waals surface area contributed by atoms with Crippen molar-refractivity contribution in [3.8, 4) is 5.75 Å². The molecule has 18 heavy (non-hydrogen) atoms. The van der Waals surface area contributed by atoms with E-state index in [1.165, 1.54) is 6.07 Å². The van der Waals surface area contributed by atoms with Gasteiger partial charge in [-0.15, -0.1) is 0 Å². The van der Waals surface area contributed by atoms with Gasteiger partial charge in [-0.05, 0) is 31.2 Å². The minimum Gasteiger partial charge on any atom is -0.487 e. The first kappa shape index (κ1) is 12.0. The number of nitrogens with zero attached hydrogens (tertiary/aromatic N) is 2. The first-order chi connectivity index (χ1) is 8.66. The summed E-state index contributed by atoms with van der Waals surface area (Å²) in [7, 11) is 0. The van der Waals surface area contributed by atoms with Crippen LogP contribution in [-0.2, 0) is 6.61 Å². The largest absolute Gasteiger partial charge is 0.487 e. The minimum absolute atomic E-state index is 0.0974. The fourth-order valence-electron chi connectivity index (χ4n) is 1.56. The summed E-state index contributed by atoms with van der Waals surface area (Å²) >= 11 is 0. The van der Waals surface area contributed by atoms with E-state index >= 15 is 0 Å². The molecular weight excluding hydrogens is 232 g/mol. The van der Waals surface area contributed by atoms with Crippen molar-refractivity contribution in [2.45, 2.75) is 13.5 Å². The molecule has 0 aliphatic carbocycles. The van der Waals surface area contributed by atoms with Crippen LogP contribution in [0.4, 0.5) is 5.69 Å². The number of ether oxygens (including phenoxy) is 1. The summed E-state index contributed by atoms with van der Waals surface area (Å²) in [5, 5.41) is 10.7. The van der Waals surface area contributed by atoms with Gasteiger partial charge in [0.2, 0.25) is 0 Å². The van der Waals surface area contributed by atoms with Gasteiger partial charge < -0.3 is 4.74 Å². The summed E-state index contributed by atoms with van der Waals surface area (Å²) in [6.07, 6.45) is 1.69. The number of aromatic nitrogens is 1. The Morgan fingerprint density at radius 3 is 2.78 bits per heavy atom. The Bertz CT molecular complexity index is 555. The van der Waals surface area contributed by atoms with Gasteiger partial charge in [0, 0.05) is 17.8 Å². The average Bonchev–Trinajstić information content (AvgIpc) is 2.37. The van der Waals surface area contributed by atoms with E-state index in [9.17, 15) is 10.1 Å². The maximum atomic E-state index is 10.7. The molecule has 0 saturated heterocycles. The van der Waals surface area contributed by atoms with Crippen molar-refractivity contribution in [2.24, 2.45) is 0 Å². The molecule has 0 spiro atoms. The number of pyridine rings is 1. The van der Waals surface area contributed by atoms with Crippen LogP contribution in [-0.4, -0.2) is 9.91 Å². The Morgan fingerprint density at radius 2 is 2.17 bits per heavy atom. The van der Waals surface area contributed by atoms with Crippen LogP contribution in [0.25, 0.3) is 0 Å². The van der Waals surface area contributed by atoms with Gasteiger partial charge in [0.1, 0.15) is 12.4 Å². The van der Waals surface area contributed by atoms with E-state index in [4.69, 9.17) is 4.74 Å². The lowest BCUT2D eigenvalue weighted by Crippen LogP contribution is -1.98. The molecule has 5 nitrogen and oxygen atoms in total. The second-order valence-electron chi connectivity index (χ2n) is 3.82. The molecule has 1 aromatic carbocycles. The summed E-state index contributed by atoms with van der Waals surface area (Å²) in [6, 6.07) is 10.3. The lowest BCUT2D eigenvalue weighted by atomic mass is 10.2. The van der Waals surface area contributed by atoms with Crippen molar-refractivity contribution in [3.05, 3.63) is 64.0 Å². The molecule has 1 aromatic heterocycles. The van der Waals surface area contributed by atoms with Crippen LogP contribution in [0.2, 0.25) is 0 Å². The maximum absolute atomic E-state index is 10.7. The number of hydrogen-bond donors (Lipinski definition) is 0. The summed E-state index contributed by atoms with van der Waals surface area (Å²) in [4.78, 5) is 14.4. The Morgan fingerprint density at radius 1 is 1.33 bits per heavy atom. The fraction of sp³-hybridized carbons (Fsp3) is 0.154. The topological polar surface area (TPSA) is 65.3 Å². The monoisotopic (exact) mass is 244 g/mol. The lowest BCUT2D eigenvalue weighted by Gasteiger charge is -2.06. The highest BCUT2D eigenvalue weighted by Gasteiger charge is 2.10. The van der Waals surface area contributed by atoms with E-state index in [0.29, 0.717) is 17.9 Å². The highest BCUT2D eigenvalue weighted by molar-refractivity contribution is 5.44. The number of benzene rings is 1. The first-order valence-electron chi connectivity index (χ1n) is 5.44. The molecule has 0 aliphatic heterocycles. The smallest absolute Gasteiger partial charge is 0.272 e. The second-order valence-corrected chi connectivity index (χ2v) is 3.82. The van der Waals surface area contributed by atoms with Crippen LogP contribution in [0.15, 0.2) is 42.6 Å². The van der Waals surface area contributed by atoms with Crippen molar-refractivity contribution in [2.75, 3.05) is 0 Å². The zero-order valence-corrected chi connectivity index (χ0v) is 9.87. The van der Waals surface area contributed by atoms with E-state index in [-0.39, 0.29) is 5.69 Å². The summed E-state index contributed by atoms with van der Waals surface area (Å²) in [5.41, 5.74) is 1.49. The Hall–Kier alpha value is -2.43. The zero-order valence-electron chi connectivity index (χ0n) is 9.87. The van der Waals surface area contributed by atoms with Crippen molar-refractivity contribution >= 4 is 5.69 Å².